The van der Waals surface area contributed by atoms with Gasteiger partial charge in [0.15, 0.2) is 0 Å². The molecule has 0 spiro atoms. The van der Waals surface area contributed by atoms with Crippen LogP contribution in [-0.4, -0.2) is 39.8 Å². The van der Waals surface area contributed by atoms with Crippen molar-refractivity contribution < 1.29 is 24.9 Å². The maximum absolute atomic E-state index is 13.5. The first-order valence-electron chi connectivity index (χ1n) is 13.7. The average Bonchev–Trinajstić information content (AvgIpc) is 3.21. The zero-order chi connectivity index (χ0) is 27.7. The van der Waals surface area contributed by atoms with Crippen molar-refractivity contribution in [3.05, 3.63) is 89.0 Å². The number of allylic oxidation sites excluding steroid dienone is 2. The number of fused-ring (bicyclic) bond motifs is 2. The average molecular weight is 526 g/mol. The van der Waals surface area contributed by atoms with E-state index in [-0.39, 0.29) is 24.2 Å². The van der Waals surface area contributed by atoms with Gasteiger partial charge in [-0.25, -0.2) is 0 Å². The molecule has 1 heterocycles. The highest BCUT2D eigenvalue weighted by Gasteiger charge is 2.55. The fourth-order valence-corrected chi connectivity index (χ4v) is 6.42. The zero-order valence-corrected chi connectivity index (χ0v) is 22.4. The first-order valence-corrected chi connectivity index (χ1v) is 13.7. The molecule has 202 valence electrons. The van der Waals surface area contributed by atoms with E-state index in [1.165, 1.54) is 4.90 Å². The molecular weight excluding hydrogens is 490 g/mol. The molecule has 39 heavy (non-hydrogen) atoms. The minimum atomic E-state index is -0.827. The quantitative estimate of drug-likeness (QED) is 0.262. The van der Waals surface area contributed by atoms with Gasteiger partial charge >= 0.3 is 0 Å². The topological polar surface area (TPSA) is 98.1 Å². The highest BCUT2D eigenvalue weighted by atomic mass is 16.3. The number of carbonyl (C=O) groups excluding carboxylic acids is 2. The van der Waals surface area contributed by atoms with Crippen LogP contribution >= 0.6 is 0 Å². The van der Waals surface area contributed by atoms with Crippen molar-refractivity contribution in [3.63, 3.8) is 0 Å². The Bertz CT molecular complexity index is 1460. The molecule has 0 unspecified atom stereocenters. The molecule has 6 nitrogen and oxygen atoms in total. The Hall–Kier alpha value is -3.74. The third kappa shape index (κ3) is 4.90. The van der Waals surface area contributed by atoms with Gasteiger partial charge in [0.25, 0.3) is 0 Å². The molecular formula is C33H35NO5. The lowest BCUT2D eigenvalue weighted by Gasteiger charge is -2.36. The maximum atomic E-state index is 13.5. The Morgan fingerprint density at radius 3 is 2.38 bits per heavy atom. The molecule has 3 N–H and O–H groups in total. The van der Waals surface area contributed by atoms with Gasteiger partial charge in [-0.1, -0.05) is 72.7 Å². The predicted molar refractivity (Wildman–Crippen MR) is 153 cm³/mol. The van der Waals surface area contributed by atoms with Crippen molar-refractivity contribution in [1.82, 2.24) is 0 Å². The molecule has 0 saturated carbocycles. The molecule has 2 amide bonds. The van der Waals surface area contributed by atoms with Crippen LogP contribution in [0.1, 0.15) is 45.1 Å². The molecule has 1 aliphatic carbocycles. The van der Waals surface area contributed by atoms with E-state index in [9.17, 15) is 24.9 Å². The number of nitrogens with zero attached hydrogens (tertiary/aromatic N) is 1. The first kappa shape index (κ1) is 26.9. The molecule has 3 aromatic rings. The Morgan fingerprint density at radius 2 is 1.69 bits per heavy atom. The van der Waals surface area contributed by atoms with Gasteiger partial charge in [0.1, 0.15) is 5.75 Å². The molecule has 1 aliphatic heterocycles. The Labute approximate surface area is 228 Å². The Balaban J connectivity index is 1.38. The second-order valence-corrected chi connectivity index (χ2v) is 10.7. The second kappa shape index (κ2) is 11.2. The number of phenolic OH excluding ortho intramolecular Hbond substituents is 1. The van der Waals surface area contributed by atoms with Crippen molar-refractivity contribution in [2.75, 3.05) is 11.5 Å². The van der Waals surface area contributed by atoms with Crippen molar-refractivity contribution in [1.29, 1.82) is 0 Å². The molecule has 2 aliphatic rings. The van der Waals surface area contributed by atoms with Crippen LogP contribution in [0.4, 0.5) is 5.69 Å². The summed E-state index contributed by atoms with van der Waals surface area (Å²) in [6, 6.07) is 20.2. The van der Waals surface area contributed by atoms with Crippen LogP contribution in [0.3, 0.4) is 0 Å². The van der Waals surface area contributed by atoms with E-state index < -0.39 is 23.9 Å². The Morgan fingerprint density at radius 1 is 1.00 bits per heavy atom. The van der Waals surface area contributed by atoms with E-state index in [1.807, 2.05) is 50.2 Å². The normalized spacial score (nSPS) is 22.5. The number of rotatable bonds is 8. The number of aliphatic hydroxyl groups excluding tert-OH is 2. The smallest absolute Gasteiger partial charge is 0.238 e. The molecule has 6 heteroatoms. The van der Waals surface area contributed by atoms with Crippen LogP contribution in [0.15, 0.2) is 83.4 Å². The second-order valence-electron chi connectivity index (χ2n) is 10.7. The van der Waals surface area contributed by atoms with Gasteiger partial charge in [0, 0.05) is 11.3 Å². The van der Waals surface area contributed by atoms with Gasteiger partial charge < -0.3 is 15.3 Å². The summed E-state index contributed by atoms with van der Waals surface area (Å²) in [6.45, 7) is 3.71. The van der Waals surface area contributed by atoms with Crippen LogP contribution < -0.4 is 4.90 Å². The minimum Gasteiger partial charge on any atom is -0.507 e. The van der Waals surface area contributed by atoms with Crippen molar-refractivity contribution in [2.24, 2.45) is 17.8 Å². The van der Waals surface area contributed by atoms with E-state index >= 15 is 0 Å². The van der Waals surface area contributed by atoms with Crippen molar-refractivity contribution in [3.8, 4) is 5.75 Å². The molecule has 0 radical (unpaired) electrons. The summed E-state index contributed by atoms with van der Waals surface area (Å²) in [4.78, 5) is 28.2. The van der Waals surface area contributed by atoms with Crippen LogP contribution in [-0.2, 0) is 9.59 Å². The summed E-state index contributed by atoms with van der Waals surface area (Å²) >= 11 is 0. The third-order valence-corrected chi connectivity index (χ3v) is 8.33. The van der Waals surface area contributed by atoms with E-state index in [0.29, 0.717) is 31.4 Å². The van der Waals surface area contributed by atoms with Gasteiger partial charge in [-0.15, -0.1) is 0 Å². The third-order valence-electron chi connectivity index (χ3n) is 8.33. The number of amides is 2. The minimum absolute atomic E-state index is 0.228. The SMILES string of the molecule is CCC1=C([C@H](O)CC/C(C)=C/c2ccc(O)c3ccccc23)[C@H](CO)[C@@H]2C(=O)N(c3ccccc3)C(=O)[C@@H]2C1. The number of hydrogen-bond acceptors (Lipinski definition) is 5. The molecule has 5 rings (SSSR count). The predicted octanol–water partition coefficient (Wildman–Crippen LogP) is 5.61. The molecule has 0 bridgehead atoms. The lowest BCUT2D eigenvalue weighted by atomic mass is 9.67. The van der Waals surface area contributed by atoms with E-state index in [0.717, 1.165) is 33.1 Å². The van der Waals surface area contributed by atoms with Gasteiger partial charge in [0.2, 0.25) is 11.8 Å². The molecule has 3 aromatic carbocycles. The zero-order valence-electron chi connectivity index (χ0n) is 22.4. The van der Waals surface area contributed by atoms with E-state index in [1.54, 1.807) is 30.3 Å². The van der Waals surface area contributed by atoms with Crippen LogP contribution in [0, 0.1) is 17.8 Å². The fraction of sp³-hybridized carbons (Fsp3) is 0.333. The number of imide groups is 1. The summed E-state index contributed by atoms with van der Waals surface area (Å²) in [6.07, 6.45) is 3.37. The summed E-state index contributed by atoms with van der Waals surface area (Å²) in [5.74, 6) is -2.08. The number of benzene rings is 3. The van der Waals surface area contributed by atoms with Crippen LogP contribution in [0.2, 0.25) is 0 Å². The van der Waals surface area contributed by atoms with Gasteiger partial charge in [-0.2, -0.15) is 0 Å². The van der Waals surface area contributed by atoms with Gasteiger partial charge in [0.05, 0.1) is 30.2 Å². The highest BCUT2D eigenvalue weighted by molar-refractivity contribution is 6.22. The lowest BCUT2D eigenvalue weighted by molar-refractivity contribution is -0.123. The standard InChI is InChI=1S/C33H35NO5/c1-3-21-18-26-31(33(39)34(32(26)38)23-9-5-4-6-10-23)27(19-35)30(21)29(37)15-13-20(2)17-22-14-16-28(36)25-12-8-7-11-24(22)25/h4-12,14,16-17,26-27,29,31,35-37H,3,13,15,18-19H2,1-2H3/b20-17+/t26-,27+,29-,31-/m1/s1. The largest absolute Gasteiger partial charge is 0.507 e. The molecule has 0 aromatic heterocycles. The van der Waals surface area contributed by atoms with Crippen LogP contribution in [0.25, 0.3) is 16.8 Å². The van der Waals surface area contributed by atoms with Crippen LogP contribution in [0.5, 0.6) is 5.75 Å². The summed E-state index contributed by atoms with van der Waals surface area (Å²) < 4.78 is 0. The number of carbonyl (C=O) groups is 2. The molecule has 4 atom stereocenters. The number of anilines is 1. The lowest BCUT2D eigenvalue weighted by Crippen LogP contribution is -2.39. The highest BCUT2D eigenvalue weighted by Crippen LogP contribution is 2.48. The summed E-state index contributed by atoms with van der Waals surface area (Å²) in [5, 5.41) is 33.8. The Kier molecular flexibility index (Phi) is 7.69. The first-order chi connectivity index (χ1) is 18.8. The molecule has 1 saturated heterocycles. The van der Waals surface area contributed by atoms with Crippen molar-refractivity contribution in [2.45, 2.75) is 45.6 Å². The van der Waals surface area contributed by atoms with Gasteiger partial charge in [-0.3, -0.25) is 14.5 Å². The number of aliphatic hydroxyl groups is 2. The van der Waals surface area contributed by atoms with E-state index in [2.05, 4.69) is 6.08 Å². The monoisotopic (exact) mass is 525 g/mol. The number of hydrogen-bond donors (Lipinski definition) is 3. The van der Waals surface area contributed by atoms with Gasteiger partial charge in [-0.05, 0) is 67.3 Å². The van der Waals surface area contributed by atoms with E-state index in [4.69, 9.17) is 0 Å². The summed E-state index contributed by atoms with van der Waals surface area (Å²) in [5.41, 5.74) is 4.29. The molecule has 1 fully saturated rings. The fourth-order valence-electron chi connectivity index (χ4n) is 6.42. The maximum Gasteiger partial charge on any atom is 0.238 e. The number of para-hydroxylation sites is 1. The summed E-state index contributed by atoms with van der Waals surface area (Å²) in [7, 11) is 0. The number of aromatic hydroxyl groups is 1. The van der Waals surface area contributed by atoms with Crippen molar-refractivity contribution >= 4 is 34.4 Å². The number of phenols is 1.